The van der Waals surface area contributed by atoms with Gasteiger partial charge in [-0.05, 0) is 42.3 Å². The van der Waals surface area contributed by atoms with E-state index in [1.165, 1.54) is 11.8 Å². The summed E-state index contributed by atoms with van der Waals surface area (Å²) in [4.78, 5) is 22.6. The zero-order chi connectivity index (χ0) is 22.8. The third-order valence-electron chi connectivity index (χ3n) is 5.26. The summed E-state index contributed by atoms with van der Waals surface area (Å²) < 4.78 is 7.15. The molecule has 0 amide bonds. The standard InChI is InChI=1S/C25H19ClN4O2S/c1-16-6-2-3-7-19(16)23-28-22(32-29-23)15-33-25-27-21-9-5-4-8-20(21)24(31)30(25)14-17-10-12-18(26)13-11-17/h2-13H,14-15H2,1H3. The van der Waals surface area contributed by atoms with Gasteiger partial charge in [0.15, 0.2) is 5.16 Å². The second-order valence-electron chi connectivity index (χ2n) is 7.54. The van der Waals surface area contributed by atoms with Crippen molar-refractivity contribution in [3.63, 3.8) is 0 Å². The molecule has 0 saturated heterocycles. The number of benzene rings is 3. The van der Waals surface area contributed by atoms with Crippen molar-refractivity contribution in [1.29, 1.82) is 0 Å². The number of hydrogen-bond donors (Lipinski definition) is 0. The molecule has 5 aromatic rings. The van der Waals surface area contributed by atoms with Crippen molar-refractivity contribution in [1.82, 2.24) is 19.7 Å². The summed E-state index contributed by atoms with van der Waals surface area (Å²) >= 11 is 7.41. The van der Waals surface area contributed by atoms with Crippen LogP contribution in [-0.4, -0.2) is 19.7 Å². The fourth-order valence-corrected chi connectivity index (χ4v) is 4.50. The Labute approximate surface area is 199 Å². The number of halogens is 1. The van der Waals surface area contributed by atoms with Crippen molar-refractivity contribution in [3.05, 3.63) is 105 Å². The Bertz CT molecular complexity index is 1490. The Kier molecular flexibility index (Phi) is 5.98. The van der Waals surface area contributed by atoms with Gasteiger partial charge in [-0.3, -0.25) is 9.36 Å². The second-order valence-corrected chi connectivity index (χ2v) is 8.92. The molecule has 0 aliphatic carbocycles. The quantitative estimate of drug-likeness (QED) is 0.230. The van der Waals surface area contributed by atoms with Crippen LogP contribution < -0.4 is 5.56 Å². The van der Waals surface area contributed by atoms with Gasteiger partial charge in [0.25, 0.3) is 5.56 Å². The Morgan fingerprint density at radius 1 is 0.970 bits per heavy atom. The average molecular weight is 475 g/mol. The van der Waals surface area contributed by atoms with E-state index < -0.39 is 0 Å². The Morgan fingerprint density at radius 3 is 2.55 bits per heavy atom. The van der Waals surface area contributed by atoms with Gasteiger partial charge in [0.2, 0.25) is 11.7 Å². The molecule has 0 fully saturated rings. The molecule has 33 heavy (non-hydrogen) atoms. The highest BCUT2D eigenvalue weighted by molar-refractivity contribution is 7.98. The smallest absolute Gasteiger partial charge is 0.262 e. The number of rotatable bonds is 6. The number of aryl methyl sites for hydroxylation is 1. The fraction of sp³-hybridized carbons (Fsp3) is 0.120. The molecule has 0 saturated carbocycles. The van der Waals surface area contributed by atoms with Crippen LogP contribution >= 0.6 is 23.4 Å². The van der Waals surface area contributed by atoms with Crippen molar-refractivity contribution >= 4 is 34.3 Å². The molecule has 3 aromatic carbocycles. The monoisotopic (exact) mass is 474 g/mol. The summed E-state index contributed by atoms with van der Waals surface area (Å²) in [5.74, 6) is 1.41. The van der Waals surface area contributed by atoms with Gasteiger partial charge >= 0.3 is 0 Å². The third kappa shape index (κ3) is 4.55. The Morgan fingerprint density at radius 2 is 1.73 bits per heavy atom. The van der Waals surface area contributed by atoms with Gasteiger partial charge in [-0.1, -0.05) is 77.1 Å². The predicted octanol–water partition coefficient (Wildman–Crippen LogP) is 5.75. The molecule has 0 N–H and O–H groups in total. The first-order chi connectivity index (χ1) is 16.1. The summed E-state index contributed by atoms with van der Waals surface area (Å²) in [6.07, 6.45) is 0. The van der Waals surface area contributed by atoms with E-state index >= 15 is 0 Å². The van der Waals surface area contributed by atoms with E-state index in [9.17, 15) is 4.79 Å². The molecule has 2 heterocycles. The molecule has 0 bridgehead atoms. The van der Waals surface area contributed by atoms with Crippen molar-refractivity contribution in [2.24, 2.45) is 0 Å². The lowest BCUT2D eigenvalue weighted by Gasteiger charge is -2.13. The number of nitrogens with zero attached hydrogens (tertiary/aromatic N) is 4. The van der Waals surface area contributed by atoms with E-state index in [2.05, 4.69) is 10.1 Å². The molecule has 0 aliphatic heterocycles. The molecule has 0 unspecified atom stereocenters. The van der Waals surface area contributed by atoms with E-state index in [-0.39, 0.29) is 5.56 Å². The van der Waals surface area contributed by atoms with Gasteiger partial charge in [-0.15, -0.1) is 0 Å². The maximum atomic E-state index is 13.3. The largest absolute Gasteiger partial charge is 0.338 e. The number of aromatic nitrogens is 4. The first-order valence-corrected chi connectivity index (χ1v) is 11.7. The van der Waals surface area contributed by atoms with Crippen molar-refractivity contribution < 1.29 is 4.52 Å². The highest BCUT2D eigenvalue weighted by Gasteiger charge is 2.15. The van der Waals surface area contributed by atoms with Crippen LogP contribution in [0.4, 0.5) is 0 Å². The highest BCUT2D eigenvalue weighted by atomic mass is 35.5. The molecular weight excluding hydrogens is 456 g/mol. The number of fused-ring (bicyclic) bond motifs is 1. The van der Waals surface area contributed by atoms with Crippen LogP contribution in [-0.2, 0) is 12.3 Å². The molecular formula is C25H19ClN4O2S. The summed E-state index contributed by atoms with van der Waals surface area (Å²) in [7, 11) is 0. The molecule has 0 aliphatic rings. The van der Waals surface area contributed by atoms with Gasteiger partial charge in [0.1, 0.15) is 0 Å². The van der Waals surface area contributed by atoms with Crippen LogP contribution in [0.25, 0.3) is 22.3 Å². The minimum absolute atomic E-state index is 0.0934. The minimum Gasteiger partial charge on any atom is -0.338 e. The maximum Gasteiger partial charge on any atom is 0.262 e. The van der Waals surface area contributed by atoms with Gasteiger partial charge in [0.05, 0.1) is 23.2 Å². The van der Waals surface area contributed by atoms with Crippen LogP contribution in [0.1, 0.15) is 17.0 Å². The Balaban J connectivity index is 1.46. The van der Waals surface area contributed by atoms with Gasteiger partial charge < -0.3 is 4.52 Å². The van der Waals surface area contributed by atoms with Gasteiger partial charge in [-0.2, -0.15) is 4.98 Å². The lowest BCUT2D eigenvalue weighted by molar-refractivity contribution is 0.391. The second kappa shape index (κ2) is 9.21. The SMILES string of the molecule is Cc1ccccc1-c1noc(CSc2nc3ccccc3c(=O)n2Cc2ccc(Cl)cc2)n1. The summed E-state index contributed by atoms with van der Waals surface area (Å²) in [5.41, 5.74) is 3.53. The highest BCUT2D eigenvalue weighted by Crippen LogP contribution is 2.25. The zero-order valence-corrected chi connectivity index (χ0v) is 19.3. The molecule has 0 radical (unpaired) electrons. The molecule has 8 heteroatoms. The van der Waals surface area contributed by atoms with E-state index in [0.29, 0.717) is 45.1 Å². The molecule has 164 valence electrons. The first kappa shape index (κ1) is 21.4. The van der Waals surface area contributed by atoms with Crippen LogP contribution in [0.15, 0.2) is 87.3 Å². The fourth-order valence-electron chi connectivity index (χ4n) is 3.54. The topological polar surface area (TPSA) is 73.8 Å². The van der Waals surface area contributed by atoms with Gasteiger partial charge in [-0.25, -0.2) is 4.98 Å². The molecule has 0 spiro atoms. The van der Waals surface area contributed by atoms with Crippen LogP contribution in [0.2, 0.25) is 5.02 Å². The van der Waals surface area contributed by atoms with Crippen molar-refractivity contribution in [2.45, 2.75) is 24.4 Å². The lowest BCUT2D eigenvalue weighted by atomic mass is 10.1. The maximum absolute atomic E-state index is 13.3. The van der Waals surface area contributed by atoms with Crippen LogP contribution in [0.5, 0.6) is 0 Å². The summed E-state index contributed by atoms with van der Waals surface area (Å²) in [6.45, 7) is 2.39. The van der Waals surface area contributed by atoms with E-state index in [0.717, 1.165) is 16.7 Å². The normalized spacial score (nSPS) is 11.2. The average Bonchev–Trinajstić information content (AvgIpc) is 3.30. The van der Waals surface area contributed by atoms with E-state index in [4.69, 9.17) is 21.1 Å². The van der Waals surface area contributed by atoms with Crippen LogP contribution in [0, 0.1) is 6.92 Å². The van der Waals surface area contributed by atoms with Crippen molar-refractivity contribution in [3.8, 4) is 11.4 Å². The molecule has 2 aromatic heterocycles. The molecule has 6 nitrogen and oxygen atoms in total. The van der Waals surface area contributed by atoms with E-state index in [1.54, 1.807) is 10.6 Å². The molecule has 0 atom stereocenters. The number of thioether (sulfide) groups is 1. The lowest BCUT2D eigenvalue weighted by Crippen LogP contribution is -2.24. The number of hydrogen-bond acceptors (Lipinski definition) is 6. The number of para-hydroxylation sites is 1. The van der Waals surface area contributed by atoms with Crippen LogP contribution in [0.3, 0.4) is 0 Å². The zero-order valence-electron chi connectivity index (χ0n) is 17.7. The minimum atomic E-state index is -0.0934. The summed E-state index contributed by atoms with van der Waals surface area (Å²) in [6, 6.07) is 22.7. The first-order valence-electron chi connectivity index (χ1n) is 10.3. The molecule has 5 rings (SSSR count). The van der Waals surface area contributed by atoms with Gasteiger partial charge in [0, 0.05) is 10.6 Å². The Hall–Kier alpha value is -3.42. The predicted molar refractivity (Wildman–Crippen MR) is 131 cm³/mol. The third-order valence-corrected chi connectivity index (χ3v) is 6.47. The summed E-state index contributed by atoms with van der Waals surface area (Å²) in [5, 5.41) is 5.94. The van der Waals surface area contributed by atoms with E-state index in [1.807, 2.05) is 73.7 Å². The van der Waals surface area contributed by atoms with Crippen molar-refractivity contribution in [2.75, 3.05) is 0 Å².